The molecule has 0 N–H and O–H groups in total. The molecule has 0 spiro atoms. The Labute approximate surface area is 134 Å². The van der Waals surface area contributed by atoms with Crippen LogP contribution in [0, 0.1) is 5.92 Å². The maximum atomic E-state index is 4.69. The molecule has 2 saturated heterocycles. The van der Waals surface area contributed by atoms with E-state index < -0.39 is 0 Å². The number of rotatable bonds is 5. The number of hydrogen-bond acceptors (Lipinski definition) is 4. The fraction of sp³-hybridized carbons (Fsp3) is 0.778. The van der Waals surface area contributed by atoms with Crippen molar-refractivity contribution in [3.8, 4) is 0 Å². The monoisotopic (exact) mass is 302 g/mol. The quantitative estimate of drug-likeness (QED) is 0.836. The van der Waals surface area contributed by atoms with Gasteiger partial charge in [-0.15, -0.1) is 0 Å². The molecule has 2 fully saturated rings. The maximum Gasteiger partial charge on any atom is 0.225 e. The van der Waals surface area contributed by atoms with Crippen molar-refractivity contribution in [2.45, 2.75) is 71.5 Å². The summed E-state index contributed by atoms with van der Waals surface area (Å²) in [7, 11) is 0. The fourth-order valence-corrected chi connectivity index (χ4v) is 3.75. The minimum atomic E-state index is 0.600. The zero-order valence-corrected chi connectivity index (χ0v) is 14.5. The van der Waals surface area contributed by atoms with E-state index in [1.54, 1.807) is 0 Å². The van der Waals surface area contributed by atoms with E-state index in [9.17, 15) is 0 Å². The zero-order chi connectivity index (χ0) is 15.7. The van der Waals surface area contributed by atoms with Gasteiger partial charge in [0.1, 0.15) is 0 Å². The van der Waals surface area contributed by atoms with E-state index in [1.807, 2.05) is 12.4 Å². The van der Waals surface area contributed by atoms with Gasteiger partial charge >= 0.3 is 0 Å². The lowest BCUT2D eigenvalue weighted by atomic mass is 10.1. The average Bonchev–Trinajstić information content (AvgIpc) is 2.75. The average molecular weight is 302 g/mol. The van der Waals surface area contributed by atoms with E-state index >= 15 is 0 Å². The maximum absolute atomic E-state index is 4.69. The van der Waals surface area contributed by atoms with Crippen molar-refractivity contribution in [1.29, 1.82) is 0 Å². The van der Waals surface area contributed by atoms with Gasteiger partial charge in [-0.25, -0.2) is 9.97 Å². The largest absolute Gasteiger partial charge is 0.332 e. The fourth-order valence-electron chi connectivity index (χ4n) is 3.75. The van der Waals surface area contributed by atoms with Crippen LogP contribution in [-0.2, 0) is 6.42 Å². The van der Waals surface area contributed by atoms with Gasteiger partial charge in [0.05, 0.1) is 0 Å². The van der Waals surface area contributed by atoms with E-state index in [2.05, 4.69) is 47.5 Å². The van der Waals surface area contributed by atoms with Crippen molar-refractivity contribution >= 4 is 5.95 Å². The highest BCUT2D eigenvalue weighted by Crippen LogP contribution is 2.33. The second-order valence-electron chi connectivity index (χ2n) is 7.66. The highest BCUT2D eigenvalue weighted by Gasteiger charge is 2.41. The molecule has 3 rings (SSSR count). The molecule has 0 amide bonds. The molecule has 0 radical (unpaired) electrons. The van der Waals surface area contributed by atoms with Crippen LogP contribution in [0.15, 0.2) is 12.4 Å². The van der Waals surface area contributed by atoms with Gasteiger partial charge in [-0.3, -0.25) is 4.90 Å². The summed E-state index contributed by atoms with van der Waals surface area (Å²) in [4.78, 5) is 14.5. The number of likely N-dealkylation sites (tertiary alicyclic amines) is 1. The van der Waals surface area contributed by atoms with E-state index in [1.165, 1.54) is 24.8 Å². The van der Waals surface area contributed by atoms with Crippen LogP contribution in [0.4, 0.5) is 5.95 Å². The molecule has 1 aromatic heterocycles. The Morgan fingerprint density at radius 2 is 1.64 bits per heavy atom. The van der Waals surface area contributed by atoms with Gasteiger partial charge in [0.15, 0.2) is 0 Å². The second kappa shape index (κ2) is 6.53. The predicted molar refractivity (Wildman–Crippen MR) is 91.2 cm³/mol. The lowest BCUT2D eigenvalue weighted by Crippen LogP contribution is -2.56. The molecule has 0 aliphatic carbocycles. The SMILES string of the molecule is CC(C)CCc1cnc(N2C3CCC2CN(C(C)C)C3)nc1. The summed E-state index contributed by atoms with van der Waals surface area (Å²) in [5, 5.41) is 0. The highest BCUT2D eigenvalue weighted by molar-refractivity contribution is 5.37. The number of hydrogen-bond donors (Lipinski definition) is 0. The first-order valence-corrected chi connectivity index (χ1v) is 8.88. The zero-order valence-electron chi connectivity index (χ0n) is 14.5. The normalized spacial score (nSPS) is 25.5. The van der Waals surface area contributed by atoms with Crippen LogP contribution in [0.25, 0.3) is 0 Å². The smallest absolute Gasteiger partial charge is 0.225 e. The van der Waals surface area contributed by atoms with Crippen molar-refractivity contribution in [3.05, 3.63) is 18.0 Å². The van der Waals surface area contributed by atoms with Crippen LogP contribution in [-0.4, -0.2) is 46.1 Å². The van der Waals surface area contributed by atoms with Crippen molar-refractivity contribution in [2.24, 2.45) is 5.92 Å². The minimum Gasteiger partial charge on any atom is -0.332 e. The summed E-state index contributed by atoms with van der Waals surface area (Å²) < 4.78 is 0. The number of nitrogens with zero attached hydrogens (tertiary/aromatic N) is 4. The van der Waals surface area contributed by atoms with E-state index in [0.29, 0.717) is 18.1 Å². The molecule has 3 heterocycles. The molecule has 0 saturated carbocycles. The summed E-state index contributed by atoms with van der Waals surface area (Å²) in [6.45, 7) is 11.5. The Balaban J connectivity index is 1.67. The Kier molecular flexibility index (Phi) is 4.67. The number of fused-ring (bicyclic) bond motifs is 2. The van der Waals surface area contributed by atoms with Crippen LogP contribution in [0.1, 0.15) is 52.5 Å². The molecule has 2 unspecified atom stereocenters. The van der Waals surface area contributed by atoms with E-state index in [0.717, 1.165) is 31.4 Å². The molecule has 2 aliphatic heterocycles. The Hall–Kier alpha value is -1.16. The summed E-state index contributed by atoms with van der Waals surface area (Å²) in [5.74, 6) is 1.68. The molecule has 4 heteroatoms. The van der Waals surface area contributed by atoms with E-state index in [-0.39, 0.29) is 0 Å². The minimum absolute atomic E-state index is 0.600. The molecular formula is C18H30N4. The van der Waals surface area contributed by atoms with Gasteiger partial charge in [0.25, 0.3) is 0 Å². The molecule has 0 aromatic carbocycles. The van der Waals surface area contributed by atoms with Gasteiger partial charge in [-0.2, -0.15) is 0 Å². The molecule has 122 valence electrons. The Morgan fingerprint density at radius 1 is 1.05 bits per heavy atom. The lowest BCUT2D eigenvalue weighted by molar-refractivity contribution is 0.176. The third kappa shape index (κ3) is 3.27. The van der Waals surface area contributed by atoms with Crippen molar-refractivity contribution in [1.82, 2.24) is 14.9 Å². The molecule has 2 bridgehead atoms. The predicted octanol–water partition coefficient (Wildman–Crippen LogP) is 3.13. The van der Waals surface area contributed by atoms with Crippen molar-refractivity contribution in [3.63, 3.8) is 0 Å². The molecule has 2 atom stereocenters. The molecular weight excluding hydrogens is 272 g/mol. The Morgan fingerprint density at radius 3 is 2.14 bits per heavy atom. The van der Waals surface area contributed by atoms with Gasteiger partial charge in [-0.1, -0.05) is 13.8 Å². The molecule has 1 aromatic rings. The van der Waals surface area contributed by atoms with Crippen molar-refractivity contribution in [2.75, 3.05) is 18.0 Å². The Bertz CT molecular complexity index is 468. The highest BCUT2D eigenvalue weighted by atomic mass is 15.4. The first-order chi connectivity index (χ1) is 10.5. The molecule has 4 nitrogen and oxygen atoms in total. The summed E-state index contributed by atoms with van der Waals surface area (Å²) in [6.07, 6.45) is 8.95. The summed E-state index contributed by atoms with van der Waals surface area (Å²) in [5.41, 5.74) is 1.27. The van der Waals surface area contributed by atoms with E-state index in [4.69, 9.17) is 0 Å². The van der Waals surface area contributed by atoms with Gasteiger partial charge < -0.3 is 4.90 Å². The van der Waals surface area contributed by atoms with Crippen LogP contribution >= 0.6 is 0 Å². The first-order valence-electron chi connectivity index (χ1n) is 8.88. The van der Waals surface area contributed by atoms with Gasteiger partial charge in [-0.05, 0) is 51.0 Å². The van der Waals surface area contributed by atoms with Crippen molar-refractivity contribution < 1.29 is 0 Å². The summed E-state index contributed by atoms with van der Waals surface area (Å²) in [6, 6.07) is 1.84. The number of piperazine rings is 1. The molecule has 2 aliphatic rings. The topological polar surface area (TPSA) is 32.3 Å². The number of aryl methyl sites for hydroxylation is 1. The van der Waals surface area contributed by atoms with Crippen LogP contribution in [0.2, 0.25) is 0 Å². The van der Waals surface area contributed by atoms with Gasteiger partial charge in [0, 0.05) is 43.6 Å². The van der Waals surface area contributed by atoms with Crippen LogP contribution < -0.4 is 4.90 Å². The molecule has 22 heavy (non-hydrogen) atoms. The summed E-state index contributed by atoms with van der Waals surface area (Å²) >= 11 is 0. The third-order valence-corrected chi connectivity index (χ3v) is 5.17. The van der Waals surface area contributed by atoms with Gasteiger partial charge in [0.2, 0.25) is 5.95 Å². The second-order valence-corrected chi connectivity index (χ2v) is 7.66. The standard InChI is InChI=1S/C18H30N4/c1-13(2)5-6-15-9-19-18(20-10-15)22-16-7-8-17(22)12-21(11-16)14(3)4/h9-10,13-14,16-17H,5-8,11-12H2,1-4H3. The number of aromatic nitrogens is 2. The van der Waals surface area contributed by atoms with Crippen LogP contribution in [0.3, 0.4) is 0 Å². The van der Waals surface area contributed by atoms with Crippen LogP contribution in [0.5, 0.6) is 0 Å². The first kappa shape index (κ1) is 15.7. The lowest BCUT2D eigenvalue weighted by Gasteiger charge is -2.42. The number of anilines is 1. The third-order valence-electron chi connectivity index (χ3n) is 5.17.